The molecule has 1 aliphatic heterocycles. The number of hydrogen-bond acceptors (Lipinski definition) is 5. The summed E-state index contributed by atoms with van der Waals surface area (Å²) < 4.78 is 5.20. The van der Waals surface area contributed by atoms with E-state index in [0.29, 0.717) is 18.5 Å². The van der Waals surface area contributed by atoms with Crippen LogP contribution >= 0.6 is 0 Å². The van der Waals surface area contributed by atoms with Gasteiger partial charge in [-0.1, -0.05) is 19.1 Å². The molecule has 134 valence electrons. The van der Waals surface area contributed by atoms with Crippen molar-refractivity contribution in [3.05, 3.63) is 41.6 Å². The first-order chi connectivity index (χ1) is 12.2. The van der Waals surface area contributed by atoms with Crippen LogP contribution in [0.1, 0.15) is 43.9 Å². The summed E-state index contributed by atoms with van der Waals surface area (Å²) in [6.07, 6.45) is 4.99. The van der Waals surface area contributed by atoms with Gasteiger partial charge in [0.15, 0.2) is 0 Å². The summed E-state index contributed by atoms with van der Waals surface area (Å²) in [5.41, 5.74) is 2.18. The van der Waals surface area contributed by atoms with Crippen LogP contribution in [-0.2, 0) is 6.54 Å². The van der Waals surface area contributed by atoms with E-state index in [4.69, 9.17) is 9.72 Å². The molecule has 1 aromatic carbocycles. The van der Waals surface area contributed by atoms with Gasteiger partial charge in [-0.15, -0.1) is 0 Å². The van der Waals surface area contributed by atoms with E-state index in [-0.39, 0.29) is 0 Å². The maximum absolute atomic E-state index is 5.20. The molecule has 1 N–H and O–H groups in total. The fraction of sp³-hybridized carbons (Fsp3) is 0.500. The third-order valence-electron chi connectivity index (χ3n) is 4.84. The van der Waals surface area contributed by atoms with Gasteiger partial charge in [0.05, 0.1) is 7.11 Å². The molecule has 0 radical (unpaired) electrons. The van der Waals surface area contributed by atoms with Gasteiger partial charge in [-0.25, -0.2) is 4.98 Å². The van der Waals surface area contributed by atoms with Gasteiger partial charge in [-0.3, -0.25) is 0 Å². The standard InChI is InChI=1S/C20H28N4O/c1-4-17-7-5-6-12-24(17)19-13-15(2)22-20(23-19)21-14-16-8-10-18(25-3)11-9-16/h8-11,13,17H,4-7,12,14H2,1-3H3,(H,21,22,23). The Bertz CT molecular complexity index is 687. The number of nitrogens with one attached hydrogen (secondary N) is 1. The van der Waals surface area contributed by atoms with Crippen LogP contribution in [0.3, 0.4) is 0 Å². The highest BCUT2D eigenvalue weighted by atomic mass is 16.5. The van der Waals surface area contributed by atoms with Crippen LogP contribution in [0.2, 0.25) is 0 Å². The van der Waals surface area contributed by atoms with Crippen LogP contribution in [0.25, 0.3) is 0 Å². The van der Waals surface area contributed by atoms with Crippen LogP contribution in [-0.4, -0.2) is 29.7 Å². The van der Waals surface area contributed by atoms with Crippen LogP contribution in [0, 0.1) is 6.92 Å². The number of rotatable bonds is 6. The largest absolute Gasteiger partial charge is 0.497 e. The Morgan fingerprint density at radius 2 is 2.00 bits per heavy atom. The van der Waals surface area contributed by atoms with Crippen LogP contribution < -0.4 is 15.0 Å². The van der Waals surface area contributed by atoms with Gasteiger partial charge in [-0.05, 0) is 50.3 Å². The number of methoxy groups -OCH3 is 1. The number of ether oxygens (including phenoxy) is 1. The highest BCUT2D eigenvalue weighted by Crippen LogP contribution is 2.26. The Hall–Kier alpha value is -2.30. The second-order valence-corrected chi connectivity index (χ2v) is 6.64. The molecule has 1 aromatic heterocycles. The first-order valence-electron chi connectivity index (χ1n) is 9.18. The molecule has 5 nitrogen and oxygen atoms in total. The lowest BCUT2D eigenvalue weighted by atomic mass is 10.00. The minimum absolute atomic E-state index is 0.595. The van der Waals surface area contributed by atoms with Gasteiger partial charge in [0, 0.05) is 30.9 Å². The molecule has 1 saturated heterocycles. The normalized spacial score (nSPS) is 17.4. The Morgan fingerprint density at radius 3 is 2.72 bits per heavy atom. The molecule has 0 aliphatic carbocycles. The highest BCUT2D eigenvalue weighted by molar-refractivity contribution is 5.46. The number of benzene rings is 1. The van der Waals surface area contributed by atoms with Gasteiger partial charge in [0.2, 0.25) is 5.95 Å². The molecule has 1 fully saturated rings. The molecule has 0 spiro atoms. The minimum atomic E-state index is 0.595. The van der Waals surface area contributed by atoms with E-state index < -0.39 is 0 Å². The van der Waals surface area contributed by atoms with Crippen LogP contribution in [0.15, 0.2) is 30.3 Å². The van der Waals surface area contributed by atoms with Gasteiger partial charge in [0.25, 0.3) is 0 Å². The molecule has 25 heavy (non-hydrogen) atoms. The van der Waals surface area contributed by atoms with Crippen molar-refractivity contribution in [3.63, 3.8) is 0 Å². The summed E-state index contributed by atoms with van der Waals surface area (Å²) in [4.78, 5) is 11.8. The summed E-state index contributed by atoms with van der Waals surface area (Å²) in [5.74, 6) is 2.62. The van der Waals surface area contributed by atoms with E-state index in [0.717, 1.165) is 30.2 Å². The quantitative estimate of drug-likeness (QED) is 0.855. The average molecular weight is 340 g/mol. The van der Waals surface area contributed by atoms with Gasteiger partial charge in [0.1, 0.15) is 11.6 Å². The topological polar surface area (TPSA) is 50.3 Å². The van der Waals surface area contributed by atoms with E-state index in [1.54, 1.807) is 7.11 Å². The van der Waals surface area contributed by atoms with Crippen molar-refractivity contribution in [1.29, 1.82) is 0 Å². The molecule has 1 aliphatic rings. The number of piperidine rings is 1. The summed E-state index contributed by atoms with van der Waals surface area (Å²) >= 11 is 0. The molecule has 1 unspecified atom stereocenters. The van der Waals surface area contributed by atoms with Crippen LogP contribution in [0.5, 0.6) is 5.75 Å². The maximum Gasteiger partial charge on any atom is 0.225 e. The Morgan fingerprint density at radius 1 is 1.20 bits per heavy atom. The van der Waals surface area contributed by atoms with Gasteiger partial charge < -0.3 is 15.0 Å². The van der Waals surface area contributed by atoms with E-state index in [9.17, 15) is 0 Å². The van der Waals surface area contributed by atoms with Crippen molar-refractivity contribution in [1.82, 2.24) is 9.97 Å². The Labute approximate surface area is 150 Å². The molecule has 2 heterocycles. The minimum Gasteiger partial charge on any atom is -0.497 e. The van der Waals surface area contributed by atoms with Crippen molar-refractivity contribution in [2.24, 2.45) is 0 Å². The van der Waals surface area contributed by atoms with Crippen molar-refractivity contribution in [2.45, 2.75) is 52.1 Å². The van der Waals surface area contributed by atoms with Crippen LogP contribution in [0.4, 0.5) is 11.8 Å². The maximum atomic E-state index is 5.20. The van der Waals surface area contributed by atoms with Crippen molar-refractivity contribution in [3.8, 4) is 5.75 Å². The fourth-order valence-corrected chi connectivity index (χ4v) is 3.43. The van der Waals surface area contributed by atoms with Crippen molar-refractivity contribution >= 4 is 11.8 Å². The lowest BCUT2D eigenvalue weighted by Gasteiger charge is -2.36. The predicted octanol–water partition coefficient (Wildman–Crippen LogP) is 4.17. The monoisotopic (exact) mass is 340 g/mol. The molecule has 3 rings (SSSR count). The van der Waals surface area contributed by atoms with E-state index >= 15 is 0 Å². The second kappa shape index (κ2) is 8.19. The van der Waals surface area contributed by atoms with Gasteiger partial charge in [-0.2, -0.15) is 4.98 Å². The zero-order chi connectivity index (χ0) is 17.6. The molecule has 5 heteroatoms. The van der Waals surface area contributed by atoms with Crippen molar-refractivity contribution < 1.29 is 4.74 Å². The van der Waals surface area contributed by atoms with E-state index in [1.165, 1.54) is 24.8 Å². The predicted molar refractivity (Wildman–Crippen MR) is 102 cm³/mol. The number of hydrogen-bond donors (Lipinski definition) is 1. The first-order valence-corrected chi connectivity index (χ1v) is 9.18. The molecule has 0 amide bonds. The van der Waals surface area contributed by atoms with Gasteiger partial charge >= 0.3 is 0 Å². The molecule has 0 saturated carbocycles. The third kappa shape index (κ3) is 4.41. The molecular weight excluding hydrogens is 312 g/mol. The zero-order valence-corrected chi connectivity index (χ0v) is 15.5. The third-order valence-corrected chi connectivity index (χ3v) is 4.84. The zero-order valence-electron chi connectivity index (χ0n) is 15.5. The summed E-state index contributed by atoms with van der Waals surface area (Å²) in [6, 6.07) is 10.8. The number of aromatic nitrogens is 2. The SMILES string of the molecule is CCC1CCCCN1c1cc(C)nc(NCc2ccc(OC)cc2)n1. The molecular formula is C20H28N4O. The Balaban J connectivity index is 1.72. The Kier molecular flexibility index (Phi) is 5.74. The number of nitrogens with zero attached hydrogens (tertiary/aromatic N) is 3. The molecule has 1 atom stereocenters. The highest BCUT2D eigenvalue weighted by Gasteiger charge is 2.22. The molecule has 2 aromatic rings. The summed E-state index contributed by atoms with van der Waals surface area (Å²) in [7, 11) is 1.68. The summed E-state index contributed by atoms with van der Waals surface area (Å²) in [5, 5.41) is 3.36. The van der Waals surface area contributed by atoms with E-state index in [2.05, 4.69) is 40.3 Å². The average Bonchev–Trinajstić information content (AvgIpc) is 2.66. The smallest absolute Gasteiger partial charge is 0.225 e. The lowest BCUT2D eigenvalue weighted by molar-refractivity contribution is 0.414. The number of aryl methyl sites for hydroxylation is 1. The summed E-state index contributed by atoms with van der Waals surface area (Å²) in [6.45, 7) is 6.09. The lowest BCUT2D eigenvalue weighted by Crippen LogP contribution is -2.39. The number of anilines is 2. The second-order valence-electron chi connectivity index (χ2n) is 6.64. The molecule has 0 bridgehead atoms. The van der Waals surface area contributed by atoms with Crippen molar-refractivity contribution in [2.75, 3.05) is 23.9 Å². The first kappa shape index (κ1) is 17.5. The van der Waals surface area contributed by atoms with E-state index in [1.807, 2.05) is 19.1 Å². The fourth-order valence-electron chi connectivity index (χ4n) is 3.43.